The third kappa shape index (κ3) is 6.04. The highest BCUT2D eigenvalue weighted by atomic mass is 32.2. The highest BCUT2D eigenvalue weighted by Gasteiger charge is 2.32. The van der Waals surface area contributed by atoms with Crippen LogP contribution in [0.2, 0.25) is 0 Å². The average Bonchev–Trinajstić information content (AvgIpc) is 2.90. The van der Waals surface area contributed by atoms with E-state index in [-0.39, 0.29) is 17.3 Å². The number of hydrogen-bond acceptors (Lipinski definition) is 5. The fourth-order valence-electron chi connectivity index (χ4n) is 3.84. The van der Waals surface area contributed by atoms with Crippen LogP contribution in [-0.4, -0.2) is 51.9 Å². The molecular weight excluding hydrogens is 478 g/mol. The molecule has 0 fully saturated rings. The Balaban J connectivity index is 2.03. The number of methoxy groups -OCH3 is 1. The lowest BCUT2D eigenvalue weighted by atomic mass is 10.1. The Bertz CT molecular complexity index is 1310. The van der Waals surface area contributed by atoms with Crippen LogP contribution < -0.4 is 14.4 Å². The number of para-hydroxylation sites is 1. The fourth-order valence-corrected chi connectivity index (χ4v) is 5.34. The van der Waals surface area contributed by atoms with Gasteiger partial charge in [-0.1, -0.05) is 48.5 Å². The summed E-state index contributed by atoms with van der Waals surface area (Å²) in [5, 5.41) is 2.57. The molecule has 0 saturated carbocycles. The van der Waals surface area contributed by atoms with Crippen LogP contribution in [-0.2, 0) is 26.2 Å². The minimum Gasteiger partial charge on any atom is -0.497 e. The summed E-state index contributed by atoms with van der Waals surface area (Å²) in [6, 6.07) is 21.3. The van der Waals surface area contributed by atoms with Crippen LogP contribution in [0.1, 0.15) is 18.1 Å². The number of nitrogens with one attached hydrogen (secondary N) is 1. The van der Waals surface area contributed by atoms with Gasteiger partial charge in [-0.2, -0.15) is 0 Å². The largest absolute Gasteiger partial charge is 0.497 e. The Labute approximate surface area is 212 Å². The summed E-state index contributed by atoms with van der Waals surface area (Å²) in [4.78, 5) is 27.7. The third-order valence-corrected chi connectivity index (χ3v) is 7.67. The molecule has 0 unspecified atom stereocenters. The number of sulfonamides is 1. The van der Waals surface area contributed by atoms with Crippen molar-refractivity contribution in [3.05, 3.63) is 90.0 Å². The standard InChI is InChI=1S/C27H31N3O5S/c1-20-11-8-9-16-25(20)30(36(33,34)24-14-6-5-7-15-24)19-26(31)29(21(2)27(32)28-3)18-22-12-10-13-23(17-22)35-4/h5-17,21H,18-19H2,1-4H3,(H,28,32)/t21-/m1/s1. The van der Waals surface area contributed by atoms with E-state index in [1.165, 1.54) is 24.1 Å². The van der Waals surface area contributed by atoms with E-state index in [0.29, 0.717) is 17.0 Å². The number of nitrogens with zero attached hydrogens (tertiary/aromatic N) is 2. The lowest BCUT2D eigenvalue weighted by Gasteiger charge is -2.32. The van der Waals surface area contributed by atoms with Crippen LogP contribution in [0.15, 0.2) is 83.8 Å². The molecule has 3 aromatic carbocycles. The van der Waals surface area contributed by atoms with E-state index in [1.807, 2.05) is 6.07 Å². The van der Waals surface area contributed by atoms with E-state index in [9.17, 15) is 18.0 Å². The second kappa shape index (κ2) is 11.7. The Morgan fingerprint density at radius 2 is 1.64 bits per heavy atom. The molecule has 9 heteroatoms. The summed E-state index contributed by atoms with van der Waals surface area (Å²) in [5.74, 6) is -0.267. The Morgan fingerprint density at radius 3 is 2.28 bits per heavy atom. The van der Waals surface area contributed by atoms with Gasteiger partial charge in [0.25, 0.3) is 10.0 Å². The molecule has 0 aliphatic rings. The molecule has 8 nitrogen and oxygen atoms in total. The lowest BCUT2D eigenvalue weighted by Crippen LogP contribution is -2.50. The molecule has 36 heavy (non-hydrogen) atoms. The molecule has 0 aliphatic heterocycles. The molecule has 0 aromatic heterocycles. The number of likely N-dealkylation sites (N-methyl/N-ethyl adjacent to an activating group) is 1. The summed E-state index contributed by atoms with van der Waals surface area (Å²) >= 11 is 0. The van der Waals surface area contributed by atoms with Gasteiger partial charge < -0.3 is 15.0 Å². The van der Waals surface area contributed by atoms with Crippen molar-refractivity contribution >= 4 is 27.5 Å². The van der Waals surface area contributed by atoms with Crippen molar-refractivity contribution < 1.29 is 22.7 Å². The number of rotatable bonds is 10. The van der Waals surface area contributed by atoms with E-state index in [0.717, 1.165) is 9.87 Å². The molecule has 0 saturated heterocycles. The van der Waals surface area contributed by atoms with Crippen LogP contribution in [0.4, 0.5) is 5.69 Å². The molecule has 0 heterocycles. The van der Waals surface area contributed by atoms with Crippen LogP contribution in [0, 0.1) is 6.92 Å². The number of carbonyl (C=O) groups excluding carboxylic acids is 2. The van der Waals surface area contributed by atoms with Crippen molar-refractivity contribution in [1.82, 2.24) is 10.2 Å². The maximum atomic E-state index is 13.7. The Hall–Kier alpha value is -3.85. The molecular formula is C27H31N3O5S. The normalized spacial score (nSPS) is 11.9. The molecule has 1 N–H and O–H groups in total. The maximum Gasteiger partial charge on any atom is 0.264 e. The van der Waals surface area contributed by atoms with E-state index >= 15 is 0 Å². The van der Waals surface area contributed by atoms with Crippen LogP contribution in [0.25, 0.3) is 0 Å². The number of amides is 2. The van der Waals surface area contributed by atoms with Gasteiger partial charge in [0, 0.05) is 13.6 Å². The summed E-state index contributed by atoms with van der Waals surface area (Å²) in [6.45, 7) is 3.01. The maximum absolute atomic E-state index is 13.7. The highest BCUT2D eigenvalue weighted by molar-refractivity contribution is 7.92. The minimum atomic E-state index is -4.07. The van der Waals surface area contributed by atoms with E-state index in [2.05, 4.69) is 5.32 Å². The predicted molar refractivity (Wildman–Crippen MR) is 139 cm³/mol. The smallest absolute Gasteiger partial charge is 0.264 e. The van der Waals surface area contributed by atoms with Gasteiger partial charge in [0.15, 0.2) is 0 Å². The first-order valence-electron chi connectivity index (χ1n) is 11.5. The van der Waals surface area contributed by atoms with E-state index in [1.54, 1.807) is 81.6 Å². The van der Waals surface area contributed by atoms with Crippen molar-refractivity contribution in [2.75, 3.05) is 25.0 Å². The van der Waals surface area contributed by atoms with Gasteiger partial charge in [-0.05, 0) is 55.3 Å². The molecule has 0 aliphatic carbocycles. The molecule has 190 valence electrons. The van der Waals surface area contributed by atoms with Crippen molar-refractivity contribution in [3.8, 4) is 5.75 Å². The van der Waals surface area contributed by atoms with Crippen LogP contribution in [0.5, 0.6) is 5.75 Å². The summed E-state index contributed by atoms with van der Waals surface area (Å²) < 4.78 is 33.8. The zero-order valence-electron chi connectivity index (χ0n) is 20.8. The van der Waals surface area contributed by atoms with Crippen LogP contribution >= 0.6 is 0 Å². The van der Waals surface area contributed by atoms with Crippen molar-refractivity contribution in [2.45, 2.75) is 31.3 Å². The van der Waals surface area contributed by atoms with Gasteiger partial charge in [0.05, 0.1) is 17.7 Å². The number of carbonyl (C=O) groups is 2. The first-order valence-corrected chi connectivity index (χ1v) is 12.9. The second-order valence-corrected chi connectivity index (χ2v) is 10.1. The average molecular weight is 510 g/mol. The summed E-state index contributed by atoms with van der Waals surface area (Å²) in [5.41, 5.74) is 1.83. The first-order chi connectivity index (χ1) is 17.2. The second-order valence-electron chi connectivity index (χ2n) is 8.27. The summed E-state index contributed by atoms with van der Waals surface area (Å²) in [6.07, 6.45) is 0. The molecule has 1 atom stereocenters. The zero-order chi connectivity index (χ0) is 26.3. The Kier molecular flexibility index (Phi) is 8.71. The predicted octanol–water partition coefficient (Wildman–Crippen LogP) is 3.36. The number of hydrogen-bond donors (Lipinski definition) is 1. The molecule has 0 spiro atoms. The number of aryl methyl sites for hydroxylation is 1. The van der Waals surface area contributed by atoms with Gasteiger partial charge in [0.1, 0.15) is 18.3 Å². The van der Waals surface area contributed by atoms with Gasteiger partial charge in [-0.15, -0.1) is 0 Å². The van der Waals surface area contributed by atoms with E-state index < -0.39 is 28.5 Å². The fraction of sp³-hybridized carbons (Fsp3) is 0.259. The first kappa shape index (κ1) is 26.7. The number of ether oxygens (including phenoxy) is 1. The van der Waals surface area contributed by atoms with Gasteiger partial charge >= 0.3 is 0 Å². The van der Waals surface area contributed by atoms with Gasteiger partial charge in [0.2, 0.25) is 11.8 Å². The van der Waals surface area contributed by atoms with Crippen molar-refractivity contribution in [2.24, 2.45) is 0 Å². The quantitative estimate of drug-likeness (QED) is 0.452. The molecule has 2 amide bonds. The third-order valence-electron chi connectivity index (χ3n) is 5.89. The monoisotopic (exact) mass is 509 g/mol. The highest BCUT2D eigenvalue weighted by Crippen LogP contribution is 2.27. The molecule has 0 radical (unpaired) electrons. The molecule has 0 bridgehead atoms. The minimum absolute atomic E-state index is 0.0692. The van der Waals surface area contributed by atoms with E-state index in [4.69, 9.17) is 4.74 Å². The van der Waals surface area contributed by atoms with Gasteiger partial charge in [-0.3, -0.25) is 13.9 Å². The molecule has 3 rings (SSSR count). The Morgan fingerprint density at radius 1 is 0.972 bits per heavy atom. The topological polar surface area (TPSA) is 96.0 Å². The SMILES string of the molecule is CNC(=O)[C@@H](C)N(Cc1cccc(OC)c1)C(=O)CN(c1ccccc1C)S(=O)(=O)c1ccccc1. The molecule has 3 aromatic rings. The number of anilines is 1. The van der Waals surface area contributed by atoms with Crippen molar-refractivity contribution in [1.29, 1.82) is 0 Å². The number of benzene rings is 3. The van der Waals surface area contributed by atoms with Crippen LogP contribution in [0.3, 0.4) is 0 Å². The van der Waals surface area contributed by atoms with Gasteiger partial charge in [-0.25, -0.2) is 8.42 Å². The lowest BCUT2D eigenvalue weighted by molar-refractivity contribution is -0.139. The summed E-state index contributed by atoms with van der Waals surface area (Å²) in [7, 11) is -1.04. The zero-order valence-corrected chi connectivity index (χ0v) is 21.7. The van der Waals surface area contributed by atoms with Crippen molar-refractivity contribution in [3.63, 3.8) is 0 Å².